The fraction of sp³-hybridized carbons (Fsp3) is 0.0455. The summed E-state index contributed by atoms with van der Waals surface area (Å²) >= 11 is 0. The molecule has 0 aromatic heterocycles. The topological polar surface area (TPSA) is 76.2 Å². The molecule has 0 heterocycles. The Morgan fingerprint density at radius 2 is 1.78 bits per heavy atom. The molecule has 3 aromatic carbocycles. The van der Waals surface area contributed by atoms with Gasteiger partial charge in [-0.15, -0.1) is 0 Å². The minimum atomic E-state index is -0.477. The Labute approximate surface area is 156 Å². The summed E-state index contributed by atoms with van der Waals surface area (Å²) in [6.07, 6.45) is 1.68. The molecular weight excluding hydrogens is 340 g/mol. The molecule has 3 rings (SSSR count). The van der Waals surface area contributed by atoms with Crippen LogP contribution in [-0.4, -0.2) is 4.92 Å². The van der Waals surface area contributed by atoms with Crippen molar-refractivity contribution in [3.05, 3.63) is 106 Å². The molecule has 5 heteroatoms. The van der Waals surface area contributed by atoms with Crippen LogP contribution < -0.4 is 4.74 Å². The summed E-state index contributed by atoms with van der Waals surface area (Å²) in [5, 5.41) is 20.5. The molecular formula is C22H16N2O3. The number of hydrogen-bond donors (Lipinski definition) is 0. The Morgan fingerprint density at radius 1 is 1.04 bits per heavy atom. The molecule has 0 aliphatic carbocycles. The predicted octanol–water partition coefficient (Wildman–Crippen LogP) is 5.24. The zero-order valence-corrected chi connectivity index (χ0v) is 14.4. The van der Waals surface area contributed by atoms with E-state index < -0.39 is 4.92 Å². The van der Waals surface area contributed by atoms with Crippen LogP contribution in [0.2, 0.25) is 0 Å². The molecule has 0 bridgehead atoms. The van der Waals surface area contributed by atoms with Crippen molar-refractivity contribution in [2.24, 2.45) is 0 Å². The van der Waals surface area contributed by atoms with Crippen molar-refractivity contribution in [1.82, 2.24) is 0 Å². The van der Waals surface area contributed by atoms with Crippen LogP contribution in [0.1, 0.15) is 16.7 Å². The summed E-state index contributed by atoms with van der Waals surface area (Å²) in [6, 6.07) is 25.3. The number of hydrogen-bond acceptors (Lipinski definition) is 4. The standard InChI is InChI=1S/C22H16N2O3/c23-15-20(18-10-6-11-21(14-18)24(25)26)13-19-9-4-5-12-22(19)27-16-17-7-2-1-3-8-17/h1-14H,16H2. The molecule has 0 saturated carbocycles. The first-order valence-corrected chi connectivity index (χ1v) is 8.30. The predicted molar refractivity (Wildman–Crippen MR) is 104 cm³/mol. The lowest BCUT2D eigenvalue weighted by molar-refractivity contribution is -0.384. The number of para-hydroxylation sites is 1. The van der Waals surface area contributed by atoms with Crippen LogP contribution in [0.25, 0.3) is 11.6 Å². The van der Waals surface area contributed by atoms with Crippen LogP contribution in [0.4, 0.5) is 5.69 Å². The zero-order valence-electron chi connectivity index (χ0n) is 14.4. The maximum atomic E-state index is 11.0. The maximum absolute atomic E-state index is 11.0. The van der Waals surface area contributed by atoms with E-state index in [4.69, 9.17) is 4.74 Å². The van der Waals surface area contributed by atoms with Gasteiger partial charge >= 0.3 is 0 Å². The van der Waals surface area contributed by atoms with Crippen LogP contribution in [0.15, 0.2) is 78.9 Å². The van der Waals surface area contributed by atoms with Crippen LogP contribution in [0, 0.1) is 21.4 Å². The molecule has 0 atom stereocenters. The van der Waals surface area contributed by atoms with Crippen molar-refractivity contribution in [2.45, 2.75) is 6.61 Å². The summed E-state index contributed by atoms with van der Waals surface area (Å²) in [6.45, 7) is 0.407. The SMILES string of the molecule is N#CC(=Cc1ccccc1OCc1ccccc1)c1cccc([N+](=O)[O-])c1. The molecule has 0 unspecified atom stereocenters. The van der Waals surface area contributed by atoms with Gasteiger partial charge in [0.05, 0.1) is 16.6 Å². The van der Waals surface area contributed by atoms with E-state index in [1.54, 1.807) is 18.2 Å². The third kappa shape index (κ3) is 4.59. The highest BCUT2D eigenvalue weighted by Gasteiger charge is 2.10. The highest BCUT2D eigenvalue weighted by atomic mass is 16.6. The average molecular weight is 356 g/mol. The molecule has 3 aromatic rings. The third-order valence-corrected chi connectivity index (χ3v) is 3.94. The number of rotatable bonds is 6. The van der Waals surface area contributed by atoms with Gasteiger partial charge in [0, 0.05) is 17.7 Å². The summed E-state index contributed by atoms with van der Waals surface area (Å²) in [4.78, 5) is 10.5. The zero-order chi connectivity index (χ0) is 19.1. The lowest BCUT2D eigenvalue weighted by Gasteiger charge is -2.10. The molecule has 0 N–H and O–H groups in total. The number of nitro groups is 1. The van der Waals surface area contributed by atoms with Gasteiger partial charge in [-0.05, 0) is 23.3 Å². The van der Waals surface area contributed by atoms with Gasteiger partial charge in [-0.25, -0.2) is 0 Å². The average Bonchev–Trinajstić information content (AvgIpc) is 2.72. The number of nitriles is 1. The molecule has 132 valence electrons. The highest BCUT2D eigenvalue weighted by molar-refractivity contribution is 5.91. The van der Waals surface area contributed by atoms with Crippen LogP contribution >= 0.6 is 0 Å². The van der Waals surface area contributed by atoms with Gasteiger partial charge in [0.25, 0.3) is 5.69 Å². The Bertz CT molecular complexity index is 1020. The van der Waals surface area contributed by atoms with Gasteiger partial charge in [-0.3, -0.25) is 10.1 Å². The van der Waals surface area contributed by atoms with Crippen molar-refractivity contribution in [3.63, 3.8) is 0 Å². The first-order valence-electron chi connectivity index (χ1n) is 8.30. The number of benzene rings is 3. The minimum Gasteiger partial charge on any atom is -0.488 e. The molecule has 0 fully saturated rings. The van der Waals surface area contributed by atoms with Crippen molar-refractivity contribution in [3.8, 4) is 11.8 Å². The molecule has 0 aliphatic rings. The van der Waals surface area contributed by atoms with Gasteiger partial charge in [0.2, 0.25) is 0 Å². The third-order valence-electron chi connectivity index (χ3n) is 3.94. The number of nitrogens with zero attached hydrogens (tertiary/aromatic N) is 2. The van der Waals surface area contributed by atoms with Gasteiger partial charge in [0.1, 0.15) is 12.4 Å². The van der Waals surface area contributed by atoms with Crippen LogP contribution in [-0.2, 0) is 6.61 Å². The van der Waals surface area contributed by atoms with E-state index in [1.807, 2.05) is 54.6 Å². The first-order chi connectivity index (χ1) is 13.2. The van der Waals surface area contributed by atoms with Crippen molar-refractivity contribution >= 4 is 17.3 Å². The maximum Gasteiger partial charge on any atom is 0.270 e. The highest BCUT2D eigenvalue weighted by Crippen LogP contribution is 2.26. The van der Waals surface area contributed by atoms with E-state index in [-0.39, 0.29) is 5.69 Å². The van der Waals surface area contributed by atoms with Crippen LogP contribution in [0.3, 0.4) is 0 Å². The number of non-ortho nitro benzene ring substituents is 1. The van der Waals surface area contributed by atoms with E-state index in [9.17, 15) is 15.4 Å². The molecule has 0 radical (unpaired) electrons. The number of nitro benzene ring substituents is 1. The molecule has 5 nitrogen and oxygen atoms in total. The van der Waals surface area contributed by atoms with Gasteiger partial charge in [-0.1, -0.05) is 60.7 Å². The van der Waals surface area contributed by atoms with E-state index in [2.05, 4.69) is 6.07 Å². The largest absolute Gasteiger partial charge is 0.488 e. The van der Waals surface area contributed by atoms with Gasteiger partial charge < -0.3 is 4.74 Å². The van der Waals surface area contributed by atoms with E-state index >= 15 is 0 Å². The monoisotopic (exact) mass is 356 g/mol. The van der Waals surface area contributed by atoms with E-state index in [0.29, 0.717) is 23.5 Å². The Balaban J connectivity index is 1.90. The second-order valence-electron chi connectivity index (χ2n) is 5.79. The van der Waals surface area contributed by atoms with E-state index in [0.717, 1.165) is 11.1 Å². The molecule has 0 spiro atoms. The number of ether oxygens (including phenoxy) is 1. The second kappa shape index (κ2) is 8.45. The van der Waals surface area contributed by atoms with Gasteiger partial charge in [0.15, 0.2) is 0 Å². The quantitative estimate of drug-likeness (QED) is 0.262. The molecule has 0 saturated heterocycles. The smallest absolute Gasteiger partial charge is 0.270 e. The van der Waals surface area contributed by atoms with Crippen molar-refractivity contribution < 1.29 is 9.66 Å². The summed E-state index contributed by atoms with van der Waals surface area (Å²) in [5.74, 6) is 0.638. The molecule has 27 heavy (non-hydrogen) atoms. The lowest BCUT2D eigenvalue weighted by Crippen LogP contribution is -1.97. The van der Waals surface area contributed by atoms with Crippen molar-refractivity contribution in [1.29, 1.82) is 5.26 Å². The normalized spacial score (nSPS) is 10.9. The minimum absolute atomic E-state index is 0.0535. The molecule has 0 amide bonds. The second-order valence-corrected chi connectivity index (χ2v) is 5.79. The fourth-order valence-corrected chi connectivity index (χ4v) is 2.59. The Kier molecular flexibility index (Phi) is 5.60. The molecule has 0 aliphatic heterocycles. The van der Waals surface area contributed by atoms with Gasteiger partial charge in [-0.2, -0.15) is 5.26 Å². The summed E-state index contributed by atoms with van der Waals surface area (Å²) in [5.41, 5.74) is 2.54. The van der Waals surface area contributed by atoms with Crippen molar-refractivity contribution in [2.75, 3.05) is 0 Å². The fourth-order valence-electron chi connectivity index (χ4n) is 2.59. The Morgan fingerprint density at radius 3 is 2.52 bits per heavy atom. The first kappa shape index (κ1) is 17.9. The Hall–Kier alpha value is -3.91. The van der Waals surface area contributed by atoms with E-state index in [1.165, 1.54) is 12.1 Å². The summed E-state index contributed by atoms with van der Waals surface area (Å²) in [7, 11) is 0. The summed E-state index contributed by atoms with van der Waals surface area (Å²) < 4.78 is 5.90. The van der Waals surface area contributed by atoms with Crippen LogP contribution in [0.5, 0.6) is 5.75 Å². The lowest BCUT2D eigenvalue weighted by atomic mass is 10.0. The number of allylic oxidation sites excluding steroid dienone is 1.